The first kappa shape index (κ1) is 22.5. The molecule has 168 valence electrons. The summed E-state index contributed by atoms with van der Waals surface area (Å²) >= 11 is 0. The fraction of sp³-hybridized carbons (Fsp3) is 0.524. The fourth-order valence-electron chi connectivity index (χ4n) is 3.50. The van der Waals surface area contributed by atoms with E-state index in [1.807, 2.05) is 7.05 Å². The maximum atomic E-state index is 13.2. The van der Waals surface area contributed by atoms with Crippen molar-refractivity contribution in [1.29, 1.82) is 0 Å². The van der Waals surface area contributed by atoms with Crippen molar-refractivity contribution >= 4 is 23.6 Å². The first-order chi connectivity index (χ1) is 14.8. The molecular weight excluding hydrogens is 402 g/mol. The van der Waals surface area contributed by atoms with E-state index in [9.17, 15) is 19.2 Å². The van der Waals surface area contributed by atoms with Crippen LogP contribution in [0.1, 0.15) is 23.7 Å². The van der Waals surface area contributed by atoms with Crippen molar-refractivity contribution in [1.82, 2.24) is 25.8 Å². The zero-order chi connectivity index (χ0) is 22.4. The largest absolute Gasteiger partial charge is 0.491 e. The van der Waals surface area contributed by atoms with Gasteiger partial charge in [-0.2, -0.15) is 0 Å². The summed E-state index contributed by atoms with van der Waals surface area (Å²) in [6, 6.07) is 4.83. The Morgan fingerprint density at radius 1 is 1.06 bits per heavy atom. The normalized spacial score (nSPS) is 24.1. The van der Waals surface area contributed by atoms with Gasteiger partial charge in [0.05, 0.1) is 18.5 Å². The molecular formula is C21H29N5O5. The van der Waals surface area contributed by atoms with E-state index < -0.39 is 23.9 Å². The molecule has 1 aromatic rings. The van der Waals surface area contributed by atoms with Crippen molar-refractivity contribution in [2.24, 2.45) is 0 Å². The molecule has 0 aliphatic carbocycles. The lowest BCUT2D eigenvalue weighted by Gasteiger charge is -2.34. The van der Waals surface area contributed by atoms with Gasteiger partial charge in [0, 0.05) is 26.2 Å². The number of carbonyl (C=O) groups excluding carboxylic acids is 4. The molecule has 4 amide bonds. The predicted molar refractivity (Wildman–Crippen MR) is 112 cm³/mol. The highest BCUT2D eigenvalue weighted by atomic mass is 16.5. The highest BCUT2D eigenvalue weighted by molar-refractivity contribution is 6.01. The maximum Gasteiger partial charge on any atom is 0.255 e. The van der Waals surface area contributed by atoms with E-state index in [2.05, 4.69) is 20.9 Å². The number of para-hydroxylation sites is 1. The number of hydrogen-bond acceptors (Lipinski definition) is 6. The summed E-state index contributed by atoms with van der Waals surface area (Å²) < 4.78 is 5.67. The van der Waals surface area contributed by atoms with Gasteiger partial charge in [-0.3, -0.25) is 19.2 Å². The Balaban J connectivity index is 1.85. The third kappa shape index (κ3) is 5.94. The zero-order valence-corrected chi connectivity index (χ0v) is 17.8. The number of fused-ring (bicyclic) bond motifs is 1. The average molecular weight is 431 g/mol. The fourth-order valence-corrected chi connectivity index (χ4v) is 3.50. The molecule has 3 N–H and O–H groups in total. The number of amides is 4. The molecule has 0 unspecified atom stereocenters. The van der Waals surface area contributed by atoms with Crippen LogP contribution >= 0.6 is 0 Å². The smallest absolute Gasteiger partial charge is 0.255 e. The second kappa shape index (κ2) is 10.3. The van der Waals surface area contributed by atoms with Crippen LogP contribution in [0.15, 0.2) is 24.3 Å². The van der Waals surface area contributed by atoms with Crippen molar-refractivity contribution in [2.75, 3.05) is 46.4 Å². The second-order valence-electron chi connectivity index (χ2n) is 7.78. The van der Waals surface area contributed by atoms with E-state index in [-0.39, 0.29) is 37.0 Å². The summed E-state index contributed by atoms with van der Waals surface area (Å²) in [5.74, 6) is -1.32. The lowest BCUT2D eigenvalue weighted by Crippen LogP contribution is -2.56. The third-order valence-electron chi connectivity index (χ3n) is 5.37. The van der Waals surface area contributed by atoms with Crippen molar-refractivity contribution in [3.63, 3.8) is 0 Å². The van der Waals surface area contributed by atoms with Crippen LogP contribution in [-0.2, 0) is 14.4 Å². The Kier molecular flexibility index (Phi) is 7.45. The molecule has 0 radical (unpaired) electrons. The van der Waals surface area contributed by atoms with E-state index >= 15 is 0 Å². The van der Waals surface area contributed by atoms with Gasteiger partial charge in [-0.15, -0.1) is 0 Å². The number of benzene rings is 1. The lowest BCUT2D eigenvalue weighted by molar-refractivity contribution is -0.137. The van der Waals surface area contributed by atoms with Crippen molar-refractivity contribution in [3.8, 4) is 5.75 Å². The minimum absolute atomic E-state index is 0.153. The molecule has 0 spiro atoms. The van der Waals surface area contributed by atoms with E-state index in [4.69, 9.17) is 4.74 Å². The van der Waals surface area contributed by atoms with E-state index in [1.165, 1.54) is 0 Å². The number of hydrogen-bond donors (Lipinski definition) is 3. The van der Waals surface area contributed by atoms with Crippen LogP contribution in [0.3, 0.4) is 0 Å². The van der Waals surface area contributed by atoms with Crippen LogP contribution in [0.4, 0.5) is 0 Å². The summed E-state index contributed by atoms with van der Waals surface area (Å²) in [6.07, 6.45) is -0.266. The summed E-state index contributed by atoms with van der Waals surface area (Å²) in [7, 11) is 1.97. The Labute approximate surface area is 181 Å². The molecule has 0 aromatic heterocycles. The standard InChI is InChI=1S/C21H29N5O5/c1-14-19(28)22-7-12-31-17-6-4-3-5-15(17)20(29)24-16(13-18(27)23-14)21(30)26-10-8-25(2)9-11-26/h3-6,14,16H,7-13H2,1-2H3,(H,22,28)(H,23,27)(H,24,29)/t14-,16-/m0/s1. The number of likely N-dealkylation sites (N-methyl/N-ethyl adjacent to an activating group) is 1. The van der Waals surface area contributed by atoms with Crippen molar-refractivity contribution in [3.05, 3.63) is 29.8 Å². The van der Waals surface area contributed by atoms with Crippen LogP contribution in [-0.4, -0.2) is 91.9 Å². The molecule has 2 atom stereocenters. The molecule has 2 aliphatic heterocycles. The van der Waals surface area contributed by atoms with Gasteiger partial charge in [0.15, 0.2) is 0 Å². The van der Waals surface area contributed by atoms with Crippen LogP contribution < -0.4 is 20.7 Å². The summed E-state index contributed by atoms with van der Waals surface area (Å²) in [5, 5.41) is 7.98. The number of nitrogens with zero attached hydrogens (tertiary/aromatic N) is 2. The van der Waals surface area contributed by atoms with Crippen LogP contribution in [0.25, 0.3) is 0 Å². The van der Waals surface area contributed by atoms with Gasteiger partial charge in [-0.05, 0) is 26.1 Å². The van der Waals surface area contributed by atoms with Crippen LogP contribution in [0.5, 0.6) is 5.75 Å². The van der Waals surface area contributed by atoms with Gasteiger partial charge in [0.2, 0.25) is 17.7 Å². The SMILES string of the molecule is C[C@@H]1NC(=O)C[C@@H](C(=O)N2CCN(C)CC2)NC(=O)c2ccccc2OCCNC1=O. The second-order valence-corrected chi connectivity index (χ2v) is 7.78. The number of rotatable bonds is 1. The van der Waals surface area contributed by atoms with E-state index in [1.54, 1.807) is 36.1 Å². The van der Waals surface area contributed by atoms with Gasteiger partial charge in [-0.1, -0.05) is 12.1 Å². The molecule has 3 rings (SSSR count). The third-order valence-corrected chi connectivity index (χ3v) is 5.37. The average Bonchev–Trinajstić information content (AvgIpc) is 2.75. The first-order valence-electron chi connectivity index (χ1n) is 10.4. The monoisotopic (exact) mass is 431 g/mol. The number of piperazine rings is 1. The van der Waals surface area contributed by atoms with Crippen LogP contribution in [0.2, 0.25) is 0 Å². The van der Waals surface area contributed by atoms with Gasteiger partial charge >= 0.3 is 0 Å². The maximum absolute atomic E-state index is 13.2. The highest BCUT2D eigenvalue weighted by Gasteiger charge is 2.31. The van der Waals surface area contributed by atoms with Gasteiger partial charge in [0.1, 0.15) is 24.4 Å². The van der Waals surface area contributed by atoms with Crippen molar-refractivity contribution < 1.29 is 23.9 Å². The predicted octanol–water partition coefficient (Wildman–Crippen LogP) is -1.04. The van der Waals surface area contributed by atoms with E-state index in [0.717, 1.165) is 0 Å². The zero-order valence-electron chi connectivity index (χ0n) is 17.8. The van der Waals surface area contributed by atoms with E-state index in [0.29, 0.717) is 31.9 Å². The molecule has 10 nitrogen and oxygen atoms in total. The summed E-state index contributed by atoms with van der Waals surface area (Å²) in [4.78, 5) is 54.6. The minimum atomic E-state index is -1.05. The molecule has 1 saturated heterocycles. The Morgan fingerprint density at radius 3 is 2.52 bits per heavy atom. The summed E-state index contributed by atoms with van der Waals surface area (Å²) in [5.41, 5.74) is 0.260. The molecule has 2 heterocycles. The Morgan fingerprint density at radius 2 is 1.77 bits per heavy atom. The van der Waals surface area contributed by atoms with Crippen LogP contribution in [0, 0.1) is 0 Å². The topological polar surface area (TPSA) is 120 Å². The molecule has 0 saturated carbocycles. The van der Waals surface area contributed by atoms with Crippen molar-refractivity contribution in [2.45, 2.75) is 25.4 Å². The number of carbonyl (C=O) groups is 4. The number of nitrogens with one attached hydrogen (secondary N) is 3. The summed E-state index contributed by atoms with van der Waals surface area (Å²) in [6.45, 7) is 4.40. The highest BCUT2D eigenvalue weighted by Crippen LogP contribution is 2.18. The van der Waals surface area contributed by atoms with Gasteiger partial charge < -0.3 is 30.5 Å². The van der Waals surface area contributed by atoms with Gasteiger partial charge in [-0.25, -0.2) is 0 Å². The molecule has 1 fully saturated rings. The first-order valence-corrected chi connectivity index (χ1v) is 10.4. The lowest BCUT2D eigenvalue weighted by atomic mass is 10.1. The molecule has 2 aliphatic rings. The Bertz CT molecular complexity index is 837. The Hall–Kier alpha value is -3.14. The molecule has 10 heteroatoms. The number of ether oxygens (including phenoxy) is 1. The quantitative estimate of drug-likeness (QED) is 0.523. The molecule has 1 aromatic carbocycles. The van der Waals surface area contributed by atoms with Gasteiger partial charge in [0.25, 0.3) is 5.91 Å². The molecule has 0 bridgehead atoms. The molecule has 31 heavy (non-hydrogen) atoms. The minimum Gasteiger partial charge on any atom is -0.491 e.